The van der Waals surface area contributed by atoms with Gasteiger partial charge in [0.1, 0.15) is 6.26 Å². The number of fused-ring (bicyclic) bond motifs is 1. The van der Waals surface area contributed by atoms with Crippen LogP contribution in [0.15, 0.2) is 34.5 Å². The number of imidazole rings is 1. The summed E-state index contributed by atoms with van der Waals surface area (Å²) in [4.78, 5) is 12.5. The molecule has 0 bridgehead atoms. The van der Waals surface area contributed by atoms with E-state index in [2.05, 4.69) is 26.5 Å². The maximum atomic E-state index is 5.58. The first-order valence-electron chi connectivity index (χ1n) is 6.99. The summed E-state index contributed by atoms with van der Waals surface area (Å²) in [5, 5.41) is 2.03. The Hall–Kier alpha value is -1.92. The molecule has 21 heavy (non-hydrogen) atoms. The number of nitrogens with zero attached hydrogens (tertiary/aromatic N) is 4. The molecular formula is C15H16N4OS. The van der Waals surface area contributed by atoms with Crippen LogP contribution in [0.3, 0.4) is 0 Å². The van der Waals surface area contributed by atoms with Gasteiger partial charge in [0.15, 0.2) is 0 Å². The zero-order chi connectivity index (χ0) is 14.2. The van der Waals surface area contributed by atoms with Crippen molar-refractivity contribution in [3.63, 3.8) is 0 Å². The van der Waals surface area contributed by atoms with Crippen molar-refractivity contribution in [3.05, 3.63) is 47.2 Å². The lowest BCUT2D eigenvalue weighted by molar-refractivity contribution is 0.237. The van der Waals surface area contributed by atoms with E-state index in [9.17, 15) is 0 Å². The first-order chi connectivity index (χ1) is 10.3. The molecule has 3 aromatic heterocycles. The molecule has 1 aliphatic heterocycles. The summed E-state index contributed by atoms with van der Waals surface area (Å²) in [5.41, 5.74) is 3.52. The Morgan fingerprint density at radius 2 is 2.38 bits per heavy atom. The minimum Gasteiger partial charge on any atom is -0.444 e. The number of aryl methyl sites for hydroxylation is 1. The Kier molecular flexibility index (Phi) is 3.12. The smallest absolute Gasteiger partial charge is 0.236 e. The fraction of sp³-hybridized carbons (Fsp3) is 0.333. The summed E-state index contributed by atoms with van der Waals surface area (Å²) in [5.74, 6) is 0.718. The molecule has 0 atom stereocenters. The fourth-order valence-electron chi connectivity index (χ4n) is 2.77. The number of oxazole rings is 1. The first-order valence-corrected chi connectivity index (χ1v) is 7.87. The van der Waals surface area contributed by atoms with Gasteiger partial charge in [-0.25, -0.2) is 9.97 Å². The summed E-state index contributed by atoms with van der Waals surface area (Å²) in [6, 6.07) is 4.04. The van der Waals surface area contributed by atoms with E-state index in [0.717, 1.165) is 42.5 Å². The molecule has 0 saturated heterocycles. The maximum absolute atomic E-state index is 5.58. The van der Waals surface area contributed by atoms with Crippen molar-refractivity contribution in [3.8, 4) is 10.8 Å². The van der Waals surface area contributed by atoms with Crippen molar-refractivity contribution in [2.45, 2.75) is 19.5 Å². The molecule has 0 fully saturated rings. The molecule has 0 radical (unpaired) electrons. The van der Waals surface area contributed by atoms with E-state index in [1.807, 2.05) is 23.8 Å². The molecule has 0 aliphatic carbocycles. The molecule has 6 heteroatoms. The molecule has 0 unspecified atom stereocenters. The standard InChI is InChI=1S/C15H16N4OS/c1-18-10-16-12-8-19(5-4-13(12)18)7-11-9-20-15(17-11)14-3-2-6-21-14/h2-3,6,9-10H,4-5,7-8H2,1H3. The molecule has 4 rings (SSSR count). The van der Waals surface area contributed by atoms with Crippen molar-refractivity contribution in [2.75, 3.05) is 6.54 Å². The van der Waals surface area contributed by atoms with E-state index >= 15 is 0 Å². The average molecular weight is 300 g/mol. The highest BCUT2D eigenvalue weighted by atomic mass is 32.1. The Labute approximate surface area is 126 Å². The van der Waals surface area contributed by atoms with Crippen LogP contribution in [0.1, 0.15) is 17.1 Å². The molecule has 0 N–H and O–H groups in total. The number of hydrogen-bond acceptors (Lipinski definition) is 5. The van der Waals surface area contributed by atoms with E-state index in [-0.39, 0.29) is 0 Å². The maximum Gasteiger partial charge on any atom is 0.236 e. The van der Waals surface area contributed by atoms with Gasteiger partial charge in [-0.15, -0.1) is 11.3 Å². The zero-order valence-corrected chi connectivity index (χ0v) is 12.6. The van der Waals surface area contributed by atoms with Gasteiger partial charge in [0, 0.05) is 38.8 Å². The third-order valence-corrected chi connectivity index (χ3v) is 4.71. The topological polar surface area (TPSA) is 47.1 Å². The van der Waals surface area contributed by atoms with E-state index in [4.69, 9.17) is 4.42 Å². The van der Waals surface area contributed by atoms with Gasteiger partial charge >= 0.3 is 0 Å². The van der Waals surface area contributed by atoms with Gasteiger partial charge in [0.05, 0.1) is 22.6 Å². The summed E-state index contributed by atoms with van der Waals surface area (Å²) in [6.45, 7) is 2.73. The minimum absolute atomic E-state index is 0.718. The van der Waals surface area contributed by atoms with Crippen molar-refractivity contribution in [1.82, 2.24) is 19.4 Å². The van der Waals surface area contributed by atoms with Crippen LogP contribution in [0.5, 0.6) is 0 Å². The van der Waals surface area contributed by atoms with Gasteiger partial charge in [-0.2, -0.15) is 0 Å². The van der Waals surface area contributed by atoms with E-state index in [0.29, 0.717) is 0 Å². The third-order valence-electron chi connectivity index (χ3n) is 3.85. The largest absolute Gasteiger partial charge is 0.444 e. The highest BCUT2D eigenvalue weighted by Crippen LogP contribution is 2.25. The van der Waals surface area contributed by atoms with E-state index < -0.39 is 0 Å². The van der Waals surface area contributed by atoms with Gasteiger partial charge < -0.3 is 8.98 Å². The zero-order valence-electron chi connectivity index (χ0n) is 11.8. The molecule has 3 aromatic rings. The molecule has 4 heterocycles. The fourth-order valence-corrected chi connectivity index (χ4v) is 3.42. The first kappa shape index (κ1) is 12.8. The Balaban J connectivity index is 1.48. The second-order valence-corrected chi connectivity index (χ2v) is 6.28. The van der Waals surface area contributed by atoms with Gasteiger partial charge in [0.25, 0.3) is 0 Å². The predicted molar refractivity (Wildman–Crippen MR) is 80.8 cm³/mol. The van der Waals surface area contributed by atoms with Crippen molar-refractivity contribution in [1.29, 1.82) is 0 Å². The lowest BCUT2D eigenvalue weighted by atomic mass is 10.1. The quantitative estimate of drug-likeness (QED) is 0.746. The summed E-state index contributed by atoms with van der Waals surface area (Å²) in [6.07, 6.45) is 4.71. The molecule has 0 saturated carbocycles. The second-order valence-electron chi connectivity index (χ2n) is 5.33. The average Bonchev–Trinajstić information content (AvgIpc) is 3.20. The Morgan fingerprint density at radius 3 is 3.24 bits per heavy atom. The van der Waals surface area contributed by atoms with Gasteiger partial charge in [0.2, 0.25) is 5.89 Å². The van der Waals surface area contributed by atoms with Crippen LogP contribution in [0, 0.1) is 0 Å². The number of rotatable bonds is 3. The SMILES string of the molecule is Cn1cnc2c1CCN(Cc1coc(-c3cccs3)n1)C2. The molecule has 0 aromatic carbocycles. The highest BCUT2D eigenvalue weighted by Gasteiger charge is 2.21. The number of aromatic nitrogens is 3. The van der Waals surface area contributed by atoms with Crippen LogP contribution in [-0.4, -0.2) is 26.0 Å². The van der Waals surface area contributed by atoms with Crippen LogP contribution in [-0.2, 0) is 26.6 Å². The van der Waals surface area contributed by atoms with Crippen LogP contribution in [0.2, 0.25) is 0 Å². The Bertz CT molecular complexity index is 744. The van der Waals surface area contributed by atoms with Crippen LogP contribution in [0.4, 0.5) is 0 Å². The van der Waals surface area contributed by atoms with Crippen molar-refractivity contribution in [2.24, 2.45) is 7.05 Å². The lowest BCUT2D eigenvalue weighted by Gasteiger charge is -2.25. The predicted octanol–water partition coefficient (Wildman–Crippen LogP) is 2.69. The number of thiophene rings is 1. The van der Waals surface area contributed by atoms with Crippen molar-refractivity contribution >= 4 is 11.3 Å². The minimum atomic E-state index is 0.718. The number of hydrogen-bond donors (Lipinski definition) is 0. The lowest BCUT2D eigenvalue weighted by Crippen LogP contribution is -2.30. The van der Waals surface area contributed by atoms with E-state index in [1.165, 1.54) is 11.4 Å². The van der Waals surface area contributed by atoms with Gasteiger partial charge in [-0.3, -0.25) is 4.90 Å². The monoisotopic (exact) mass is 300 g/mol. The summed E-state index contributed by atoms with van der Waals surface area (Å²) >= 11 is 1.65. The van der Waals surface area contributed by atoms with Crippen molar-refractivity contribution < 1.29 is 4.42 Å². The van der Waals surface area contributed by atoms with Gasteiger partial charge in [-0.1, -0.05) is 6.07 Å². The highest BCUT2D eigenvalue weighted by molar-refractivity contribution is 7.13. The molecule has 0 spiro atoms. The summed E-state index contributed by atoms with van der Waals surface area (Å²) in [7, 11) is 2.06. The molecular weight excluding hydrogens is 284 g/mol. The molecule has 0 amide bonds. The second kappa shape index (κ2) is 5.13. The van der Waals surface area contributed by atoms with Crippen LogP contribution in [0.25, 0.3) is 10.8 Å². The Morgan fingerprint density at radius 1 is 1.43 bits per heavy atom. The van der Waals surface area contributed by atoms with E-state index in [1.54, 1.807) is 17.6 Å². The molecule has 5 nitrogen and oxygen atoms in total. The van der Waals surface area contributed by atoms with Gasteiger partial charge in [-0.05, 0) is 11.4 Å². The summed E-state index contributed by atoms with van der Waals surface area (Å²) < 4.78 is 7.70. The third kappa shape index (κ3) is 2.41. The normalized spacial score (nSPS) is 15.3. The molecule has 108 valence electrons. The molecule has 1 aliphatic rings. The van der Waals surface area contributed by atoms with Crippen LogP contribution < -0.4 is 0 Å². The van der Waals surface area contributed by atoms with Crippen LogP contribution >= 0.6 is 11.3 Å².